The molecule has 20 heavy (non-hydrogen) atoms. The van der Waals surface area contributed by atoms with E-state index in [9.17, 15) is 0 Å². The van der Waals surface area contributed by atoms with Crippen LogP contribution in [0, 0.1) is 17.2 Å². The first-order valence-electron chi connectivity index (χ1n) is 7.51. The van der Waals surface area contributed by atoms with Crippen LogP contribution in [0.25, 0.3) is 0 Å². The molecular formula is C15H21N5. The molecule has 0 amide bonds. The number of rotatable bonds is 2. The second kappa shape index (κ2) is 5.76. The number of aromatic nitrogens is 2. The van der Waals surface area contributed by atoms with Crippen molar-refractivity contribution in [1.82, 2.24) is 14.9 Å². The van der Waals surface area contributed by atoms with Crippen LogP contribution in [0.3, 0.4) is 0 Å². The SMILES string of the molecule is CCN1CCc2ncnc(N3CCC(C#N)CC3)c2C1. The molecule has 0 radical (unpaired) electrons. The summed E-state index contributed by atoms with van der Waals surface area (Å²) in [5, 5.41) is 9.01. The van der Waals surface area contributed by atoms with Crippen molar-refractivity contribution in [3.8, 4) is 6.07 Å². The molecule has 0 atom stereocenters. The maximum absolute atomic E-state index is 9.01. The van der Waals surface area contributed by atoms with E-state index in [1.165, 1.54) is 11.3 Å². The third-order valence-corrected chi connectivity index (χ3v) is 4.48. The van der Waals surface area contributed by atoms with Crippen molar-refractivity contribution in [1.29, 1.82) is 5.26 Å². The molecule has 0 spiro atoms. The molecule has 1 saturated heterocycles. The van der Waals surface area contributed by atoms with Gasteiger partial charge in [-0.05, 0) is 19.4 Å². The van der Waals surface area contributed by atoms with Gasteiger partial charge in [0.15, 0.2) is 0 Å². The summed E-state index contributed by atoms with van der Waals surface area (Å²) in [5.74, 6) is 1.32. The van der Waals surface area contributed by atoms with E-state index in [-0.39, 0.29) is 5.92 Å². The van der Waals surface area contributed by atoms with Crippen molar-refractivity contribution in [3.63, 3.8) is 0 Å². The maximum Gasteiger partial charge on any atom is 0.136 e. The minimum Gasteiger partial charge on any atom is -0.356 e. The normalized spacial score (nSPS) is 20.5. The molecule has 0 saturated carbocycles. The van der Waals surface area contributed by atoms with Crippen LogP contribution >= 0.6 is 0 Å². The van der Waals surface area contributed by atoms with Gasteiger partial charge in [-0.25, -0.2) is 9.97 Å². The van der Waals surface area contributed by atoms with E-state index in [0.29, 0.717) is 0 Å². The number of nitrogens with zero attached hydrogens (tertiary/aromatic N) is 5. The molecule has 0 aromatic carbocycles. The van der Waals surface area contributed by atoms with E-state index in [1.807, 2.05) is 0 Å². The Labute approximate surface area is 120 Å². The number of hydrogen-bond acceptors (Lipinski definition) is 5. The number of nitriles is 1. The Kier molecular flexibility index (Phi) is 3.83. The number of piperidine rings is 1. The minimum absolute atomic E-state index is 0.219. The van der Waals surface area contributed by atoms with Crippen LogP contribution in [0.2, 0.25) is 0 Å². The minimum atomic E-state index is 0.219. The zero-order chi connectivity index (χ0) is 13.9. The highest BCUT2D eigenvalue weighted by molar-refractivity contribution is 5.49. The molecule has 3 rings (SSSR count). The van der Waals surface area contributed by atoms with Gasteiger partial charge < -0.3 is 4.90 Å². The summed E-state index contributed by atoms with van der Waals surface area (Å²) >= 11 is 0. The van der Waals surface area contributed by atoms with Crippen molar-refractivity contribution < 1.29 is 0 Å². The third kappa shape index (κ3) is 2.48. The van der Waals surface area contributed by atoms with E-state index < -0.39 is 0 Å². The van der Waals surface area contributed by atoms with Gasteiger partial charge >= 0.3 is 0 Å². The molecule has 0 bridgehead atoms. The van der Waals surface area contributed by atoms with Crippen molar-refractivity contribution in [2.24, 2.45) is 5.92 Å². The molecule has 5 nitrogen and oxygen atoms in total. The van der Waals surface area contributed by atoms with E-state index in [0.717, 1.165) is 57.8 Å². The highest BCUT2D eigenvalue weighted by atomic mass is 15.2. The van der Waals surface area contributed by atoms with Crippen molar-refractivity contribution in [2.75, 3.05) is 31.1 Å². The van der Waals surface area contributed by atoms with Crippen LogP contribution in [-0.2, 0) is 13.0 Å². The average molecular weight is 271 g/mol. The summed E-state index contributed by atoms with van der Waals surface area (Å²) in [5.41, 5.74) is 2.51. The standard InChI is InChI=1S/C15H21N5/c1-2-19-6-5-14-13(10-19)15(18-11-17-14)20-7-3-12(9-16)4-8-20/h11-12H,2-8,10H2,1H3. The quantitative estimate of drug-likeness (QED) is 0.817. The molecule has 1 aromatic rings. The Morgan fingerprint density at radius 2 is 2.10 bits per heavy atom. The Morgan fingerprint density at radius 1 is 1.30 bits per heavy atom. The zero-order valence-electron chi connectivity index (χ0n) is 12.0. The number of likely N-dealkylation sites (N-methyl/N-ethyl adjacent to an activating group) is 1. The van der Waals surface area contributed by atoms with Gasteiger partial charge in [0.25, 0.3) is 0 Å². The predicted octanol–water partition coefficient (Wildman–Crippen LogP) is 1.59. The fraction of sp³-hybridized carbons (Fsp3) is 0.667. The van der Waals surface area contributed by atoms with Crippen LogP contribution < -0.4 is 4.90 Å². The zero-order valence-corrected chi connectivity index (χ0v) is 12.0. The highest BCUT2D eigenvalue weighted by Crippen LogP contribution is 2.28. The molecule has 0 unspecified atom stereocenters. The molecule has 106 valence electrons. The number of anilines is 1. The second-order valence-corrected chi connectivity index (χ2v) is 5.63. The summed E-state index contributed by atoms with van der Waals surface area (Å²) in [7, 11) is 0. The lowest BCUT2D eigenvalue weighted by atomic mass is 9.97. The van der Waals surface area contributed by atoms with Crippen molar-refractivity contribution in [2.45, 2.75) is 32.7 Å². The topological polar surface area (TPSA) is 56.1 Å². The van der Waals surface area contributed by atoms with Gasteiger partial charge in [0.05, 0.1) is 11.8 Å². The van der Waals surface area contributed by atoms with Gasteiger partial charge in [-0.3, -0.25) is 4.90 Å². The molecule has 0 aliphatic carbocycles. The van der Waals surface area contributed by atoms with Crippen LogP contribution in [0.15, 0.2) is 6.33 Å². The fourth-order valence-electron chi connectivity index (χ4n) is 3.15. The van der Waals surface area contributed by atoms with E-state index in [2.05, 4.69) is 32.8 Å². The van der Waals surface area contributed by atoms with Gasteiger partial charge in [0.2, 0.25) is 0 Å². The number of hydrogen-bond donors (Lipinski definition) is 0. The van der Waals surface area contributed by atoms with Crippen molar-refractivity contribution >= 4 is 5.82 Å². The second-order valence-electron chi connectivity index (χ2n) is 5.63. The summed E-state index contributed by atoms with van der Waals surface area (Å²) in [4.78, 5) is 13.8. The van der Waals surface area contributed by atoms with E-state index in [1.54, 1.807) is 6.33 Å². The molecule has 1 aromatic heterocycles. The Balaban J connectivity index is 1.82. The highest BCUT2D eigenvalue weighted by Gasteiger charge is 2.26. The number of fused-ring (bicyclic) bond motifs is 1. The van der Waals surface area contributed by atoms with Gasteiger partial charge in [-0.15, -0.1) is 0 Å². The smallest absolute Gasteiger partial charge is 0.136 e. The van der Waals surface area contributed by atoms with Crippen LogP contribution in [0.1, 0.15) is 31.0 Å². The largest absolute Gasteiger partial charge is 0.356 e. The fourth-order valence-corrected chi connectivity index (χ4v) is 3.15. The lowest BCUT2D eigenvalue weighted by Crippen LogP contribution is -2.37. The first kappa shape index (κ1) is 13.3. The lowest BCUT2D eigenvalue weighted by molar-refractivity contribution is 0.265. The predicted molar refractivity (Wildman–Crippen MR) is 77.2 cm³/mol. The Hall–Kier alpha value is -1.67. The first-order valence-corrected chi connectivity index (χ1v) is 7.51. The monoisotopic (exact) mass is 271 g/mol. The molecule has 3 heterocycles. The van der Waals surface area contributed by atoms with Crippen LogP contribution in [0.5, 0.6) is 0 Å². The summed E-state index contributed by atoms with van der Waals surface area (Å²) in [6.07, 6.45) is 4.62. The van der Waals surface area contributed by atoms with E-state index >= 15 is 0 Å². The van der Waals surface area contributed by atoms with Crippen LogP contribution in [0.4, 0.5) is 5.82 Å². The molecule has 0 N–H and O–H groups in total. The van der Waals surface area contributed by atoms with Crippen molar-refractivity contribution in [3.05, 3.63) is 17.6 Å². The molecule has 2 aliphatic rings. The van der Waals surface area contributed by atoms with Gasteiger partial charge in [-0.2, -0.15) is 5.26 Å². The Bertz CT molecular complexity index is 513. The molecule has 2 aliphatic heterocycles. The summed E-state index contributed by atoms with van der Waals surface area (Å²) < 4.78 is 0. The molecule has 1 fully saturated rings. The van der Waals surface area contributed by atoms with Gasteiger partial charge in [0.1, 0.15) is 12.1 Å². The Morgan fingerprint density at radius 3 is 2.80 bits per heavy atom. The lowest BCUT2D eigenvalue weighted by Gasteiger charge is -2.34. The van der Waals surface area contributed by atoms with Gasteiger partial charge in [0, 0.05) is 44.1 Å². The molecule has 5 heteroatoms. The maximum atomic E-state index is 9.01. The summed E-state index contributed by atoms with van der Waals surface area (Å²) in [6, 6.07) is 2.39. The van der Waals surface area contributed by atoms with Crippen LogP contribution in [-0.4, -0.2) is 41.0 Å². The van der Waals surface area contributed by atoms with Gasteiger partial charge in [-0.1, -0.05) is 6.92 Å². The first-order chi connectivity index (χ1) is 9.81. The van der Waals surface area contributed by atoms with E-state index in [4.69, 9.17) is 5.26 Å². The third-order valence-electron chi connectivity index (χ3n) is 4.48. The average Bonchev–Trinajstić information content (AvgIpc) is 2.54. The summed E-state index contributed by atoms with van der Waals surface area (Å²) in [6.45, 7) is 7.20. The molecular weight excluding hydrogens is 250 g/mol.